The van der Waals surface area contributed by atoms with Gasteiger partial charge in [-0.2, -0.15) is 0 Å². The summed E-state index contributed by atoms with van der Waals surface area (Å²) >= 11 is 0. The SMILES string of the molecule is COc1cccc(/C=C/C(=O)O)c1OCCCC(C)C. The number of methoxy groups -OCH3 is 1. The van der Waals surface area contributed by atoms with Gasteiger partial charge in [0.05, 0.1) is 13.7 Å². The van der Waals surface area contributed by atoms with E-state index in [2.05, 4.69) is 13.8 Å². The summed E-state index contributed by atoms with van der Waals surface area (Å²) in [6.07, 6.45) is 4.66. The zero-order chi connectivity index (χ0) is 15.0. The summed E-state index contributed by atoms with van der Waals surface area (Å²) in [6.45, 7) is 4.93. The summed E-state index contributed by atoms with van der Waals surface area (Å²) in [5.41, 5.74) is 0.705. The van der Waals surface area contributed by atoms with E-state index in [1.807, 2.05) is 0 Å². The highest BCUT2D eigenvalue weighted by atomic mass is 16.5. The molecule has 0 heterocycles. The highest BCUT2D eigenvalue weighted by Crippen LogP contribution is 2.32. The Morgan fingerprint density at radius 2 is 2.15 bits per heavy atom. The van der Waals surface area contributed by atoms with Gasteiger partial charge >= 0.3 is 5.97 Å². The lowest BCUT2D eigenvalue weighted by atomic mass is 10.1. The van der Waals surface area contributed by atoms with Crippen molar-refractivity contribution in [1.29, 1.82) is 0 Å². The first-order chi connectivity index (χ1) is 9.54. The second kappa shape index (κ2) is 8.25. The normalized spacial score (nSPS) is 11.0. The number of carboxylic acid groups (broad SMARTS) is 1. The average Bonchev–Trinajstić information content (AvgIpc) is 2.41. The fourth-order valence-electron chi connectivity index (χ4n) is 1.81. The summed E-state index contributed by atoms with van der Waals surface area (Å²) in [5, 5.41) is 8.71. The van der Waals surface area contributed by atoms with E-state index in [0.717, 1.165) is 18.9 Å². The Balaban J connectivity index is 2.81. The van der Waals surface area contributed by atoms with Crippen LogP contribution in [-0.2, 0) is 4.79 Å². The Morgan fingerprint density at radius 3 is 2.75 bits per heavy atom. The number of hydrogen-bond donors (Lipinski definition) is 1. The lowest BCUT2D eigenvalue weighted by molar-refractivity contribution is -0.131. The fourth-order valence-corrected chi connectivity index (χ4v) is 1.81. The summed E-state index contributed by atoms with van der Waals surface area (Å²) in [5.74, 6) is 0.861. The molecule has 0 aliphatic rings. The molecule has 0 unspecified atom stereocenters. The van der Waals surface area contributed by atoms with Gasteiger partial charge in [-0.15, -0.1) is 0 Å². The molecule has 110 valence electrons. The monoisotopic (exact) mass is 278 g/mol. The zero-order valence-corrected chi connectivity index (χ0v) is 12.3. The molecule has 4 nitrogen and oxygen atoms in total. The fraction of sp³-hybridized carbons (Fsp3) is 0.438. The van der Waals surface area contributed by atoms with Gasteiger partial charge in [-0.25, -0.2) is 4.79 Å². The van der Waals surface area contributed by atoms with Gasteiger partial charge in [0.15, 0.2) is 11.5 Å². The Bertz CT molecular complexity index is 464. The van der Waals surface area contributed by atoms with Crippen LogP contribution in [0, 0.1) is 5.92 Å². The molecule has 0 spiro atoms. The van der Waals surface area contributed by atoms with Crippen molar-refractivity contribution in [1.82, 2.24) is 0 Å². The van der Waals surface area contributed by atoms with Crippen LogP contribution >= 0.6 is 0 Å². The van der Waals surface area contributed by atoms with E-state index in [9.17, 15) is 4.79 Å². The molecule has 0 aliphatic heterocycles. The van der Waals surface area contributed by atoms with Crippen molar-refractivity contribution in [2.75, 3.05) is 13.7 Å². The molecular weight excluding hydrogens is 256 g/mol. The molecular formula is C16H22O4. The van der Waals surface area contributed by atoms with Crippen molar-refractivity contribution in [3.05, 3.63) is 29.8 Å². The average molecular weight is 278 g/mol. The van der Waals surface area contributed by atoms with E-state index < -0.39 is 5.97 Å². The molecule has 0 fully saturated rings. The van der Waals surface area contributed by atoms with Crippen molar-refractivity contribution in [3.8, 4) is 11.5 Å². The van der Waals surface area contributed by atoms with E-state index in [0.29, 0.717) is 29.6 Å². The highest BCUT2D eigenvalue weighted by Gasteiger charge is 2.09. The van der Waals surface area contributed by atoms with E-state index in [1.165, 1.54) is 6.08 Å². The van der Waals surface area contributed by atoms with E-state index in [4.69, 9.17) is 14.6 Å². The Labute approximate surface area is 120 Å². The number of hydrogen-bond acceptors (Lipinski definition) is 3. The predicted octanol–water partition coefficient (Wildman–Crippen LogP) is 3.61. The number of carbonyl (C=O) groups is 1. The van der Waals surface area contributed by atoms with Gasteiger partial charge < -0.3 is 14.6 Å². The molecule has 0 aliphatic carbocycles. The van der Waals surface area contributed by atoms with E-state index in [-0.39, 0.29) is 0 Å². The molecule has 0 saturated heterocycles. The van der Waals surface area contributed by atoms with Gasteiger partial charge in [0.25, 0.3) is 0 Å². The largest absolute Gasteiger partial charge is 0.493 e. The summed E-state index contributed by atoms with van der Waals surface area (Å²) in [6, 6.07) is 5.41. The van der Waals surface area contributed by atoms with E-state index >= 15 is 0 Å². The maximum absolute atomic E-state index is 10.6. The maximum atomic E-state index is 10.6. The Kier molecular flexibility index (Phi) is 6.64. The number of carboxylic acids is 1. The van der Waals surface area contributed by atoms with E-state index in [1.54, 1.807) is 25.3 Å². The lowest BCUT2D eigenvalue weighted by Crippen LogP contribution is -2.02. The summed E-state index contributed by atoms with van der Waals surface area (Å²) in [4.78, 5) is 10.6. The molecule has 0 atom stereocenters. The number of aliphatic carboxylic acids is 1. The third-order valence-corrected chi connectivity index (χ3v) is 2.81. The Morgan fingerprint density at radius 1 is 1.40 bits per heavy atom. The minimum atomic E-state index is -0.987. The topological polar surface area (TPSA) is 55.8 Å². The molecule has 0 saturated carbocycles. The first kappa shape index (κ1) is 16.1. The standard InChI is InChI=1S/C16H22O4/c1-12(2)6-5-11-20-16-13(9-10-15(17)18)7-4-8-14(16)19-3/h4,7-10,12H,5-6,11H2,1-3H3,(H,17,18)/b10-9+. The molecule has 0 radical (unpaired) electrons. The first-order valence-electron chi connectivity index (χ1n) is 6.75. The zero-order valence-electron chi connectivity index (χ0n) is 12.3. The van der Waals surface area contributed by atoms with Crippen LogP contribution < -0.4 is 9.47 Å². The maximum Gasteiger partial charge on any atom is 0.328 e. The van der Waals surface area contributed by atoms with Crippen molar-refractivity contribution in [2.45, 2.75) is 26.7 Å². The minimum absolute atomic E-state index is 0.590. The van der Waals surface area contributed by atoms with Crippen molar-refractivity contribution < 1.29 is 19.4 Å². The minimum Gasteiger partial charge on any atom is -0.493 e. The van der Waals surface area contributed by atoms with Crippen LogP contribution in [-0.4, -0.2) is 24.8 Å². The number of rotatable bonds is 8. The van der Waals surface area contributed by atoms with Crippen LogP contribution in [0.4, 0.5) is 0 Å². The van der Waals surface area contributed by atoms with Crippen LogP contribution in [0.1, 0.15) is 32.3 Å². The molecule has 0 amide bonds. The van der Waals surface area contributed by atoms with Gasteiger partial charge in [0.2, 0.25) is 0 Å². The number of benzene rings is 1. The lowest BCUT2D eigenvalue weighted by Gasteiger charge is -2.13. The second-order valence-electron chi connectivity index (χ2n) is 4.93. The molecule has 4 heteroatoms. The smallest absolute Gasteiger partial charge is 0.328 e. The van der Waals surface area contributed by atoms with Crippen molar-refractivity contribution in [2.24, 2.45) is 5.92 Å². The second-order valence-corrected chi connectivity index (χ2v) is 4.93. The van der Waals surface area contributed by atoms with Crippen LogP contribution in [0.2, 0.25) is 0 Å². The third kappa shape index (κ3) is 5.34. The quantitative estimate of drug-likeness (QED) is 0.583. The van der Waals surface area contributed by atoms with Gasteiger partial charge in [0.1, 0.15) is 0 Å². The van der Waals surface area contributed by atoms with Crippen LogP contribution in [0.5, 0.6) is 11.5 Å². The molecule has 0 aromatic heterocycles. The van der Waals surface area contributed by atoms with Gasteiger partial charge in [-0.05, 0) is 30.9 Å². The van der Waals surface area contributed by atoms with Crippen LogP contribution in [0.15, 0.2) is 24.3 Å². The van der Waals surface area contributed by atoms with Crippen molar-refractivity contribution in [3.63, 3.8) is 0 Å². The molecule has 1 rings (SSSR count). The van der Waals surface area contributed by atoms with Gasteiger partial charge in [0, 0.05) is 11.6 Å². The first-order valence-corrected chi connectivity index (χ1v) is 6.75. The molecule has 1 N–H and O–H groups in total. The number of ether oxygens (including phenoxy) is 2. The summed E-state index contributed by atoms with van der Waals surface area (Å²) < 4.78 is 11.0. The van der Waals surface area contributed by atoms with Crippen LogP contribution in [0.25, 0.3) is 6.08 Å². The van der Waals surface area contributed by atoms with Gasteiger partial charge in [-0.3, -0.25) is 0 Å². The van der Waals surface area contributed by atoms with Crippen molar-refractivity contribution >= 4 is 12.0 Å². The molecule has 1 aromatic rings. The summed E-state index contributed by atoms with van der Waals surface area (Å²) in [7, 11) is 1.57. The van der Waals surface area contributed by atoms with Crippen LogP contribution in [0.3, 0.4) is 0 Å². The van der Waals surface area contributed by atoms with Gasteiger partial charge in [-0.1, -0.05) is 26.0 Å². The number of para-hydroxylation sites is 1. The highest BCUT2D eigenvalue weighted by molar-refractivity contribution is 5.86. The molecule has 1 aromatic carbocycles. The molecule has 0 bridgehead atoms. The predicted molar refractivity (Wildman–Crippen MR) is 79.2 cm³/mol. The third-order valence-electron chi connectivity index (χ3n) is 2.81. The Hall–Kier alpha value is -1.97. The molecule has 20 heavy (non-hydrogen) atoms.